The molecule has 3 saturated heterocycles. The average Bonchev–Trinajstić information content (AvgIpc) is 4.21. The molecule has 19 nitrogen and oxygen atoms in total. The van der Waals surface area contributed by atoms with Gasteiger partial charge in [-0.15, -0.1) is 0 Å². The summed E-state index contributed by atoms with van der Waals surface area (Å²) in [6, 6.07) is 26.0. The number of carbonyl (C=O) groups is 6. The fraction of sp³-hybridized carbons (Fsp3) is 0.352. The van der Waals surface area contributed by atoms with Crippen molar-refractivity contribution < 1.29 is 38.6 Å². The number of para-hydroxylation sites is 2. The molecular weight excluding hydrogens is 931 g/mol. The summed E-state index contributed by atoms with van der Waals surface area (Å²) in [5.41, 5.74) is 15.8. The fourth-order valence-corrected chi connectivity index (χ4v) is 10.2. The van der Waals surface area contributed by atoms with Gasteiger partial charge >= 0.3 is 0 Å². The SMILES string of the molecule is NC(N)=NCCC[C@@H]1NC(=O)[C@H](Cc2c[nH]c3ccccc23)NC(=O)[C@@H](Cc2ccccc2)NC(=O)[C@H](Cc2c[nH]c3ccccc23)NC(=O)[C@H]2C[C@@H](OCc3ccccc3)CN2C(=O)[C@H]2C[C@@H](O)CN2C1=O. The van der Waals surface area contributed by atoms with E-state index in [1.165, 1.54) is 9.80 Å². The van der Waals surface area contributed by atoms with Crippen molar-refractivity contribution in [3.63, 3.8) is 0 Å². The molecule has 4 aromatic carbocycles. The number of aromatic amines is 2. The quantitative estimate of drug-likeness (QED) is 0.0460. The number of hydrogen-bond acceptors (Lipinski definition) is 9. The number of nitrogens with one attached hydrogen (secondary N) is 6. The summed E-state index contributed by atoms with van der Waals surface area (Å²) in [6.07, 6.45) is 1.86. The van der Waals surface area contributed by atoms with E-state index >= 15 is 14.4 Å². The summed E-state index contributed by atoms with van der Waals surface area (Å²) < 4.78 is 6.35. The van der Waals surface area contributed by atoms with Crippen LogP contribution in [0.5, 0.6) is 0 Å². The Hall–Kier alpha value is -8.03. The molecule has 0 radical (unpaired) electrons. The van der Waals surface area contributed by atoms with Crippen molar-refractivity contribution in [2.45, 2.75) is 100 Å². The number of H-pyrrole nitrogens is 2. The molecule has 6 amide bonds. The number of fused-ring (bicyclic) bond motifs is 4. The summed E-state index contributed by atoms with van der Waals surface area (Å²) in [6.45, 7) is 0.0239. The molecule has 3 fully saturated rings. The molecule has 19 heteroatoms. The lowest BCUT2D eigenvalue weighted by molar-refractivity contribution is -0.148. The Kier molecular flexibility index (Phi) is 15.5. The molecule has 2 aromatic heterocycles. The van der Waals surface area contributed by atoms with Crippen LogP contribution in [0.3, 0.4) is 0 Å². The third kappa shape index (κ3) is 11.9. The van der Waals surface area contributed by atoms with E-state index in [1.54, 1.807) is 12.4 Å². The lowest BCUT2D eigenvalue weighted by atomic mass is 10.00. The predicted molar refractivity (Wildman–Crippen MR) is 273 cm³/mol. The molecule has 5 heterocycles. The molecule has 3 aliphatic heterocycles. The molecule has 9 rings (SSSR count). The van der Waals surface area contributed by atoms with Crippen LogP contribution in [-0.4, -0.2) is 134 Å². The van der Waals surface area contributed by atoms with Gasteiger partial charge in [-0.25, -0.2) is 0 Å². The summed E-state index contributed by atoms with van der Waals surface area (Å²) in [5.74, 6) is -4.16. The summed E-state index contributed by atoms with van der Waals surface area (Å²) in [4.78, 5) is 103. The van der Waals surface area contributed by atoms with Gasteiger partial charge in [-0.2, -0.15) is 0 Å². The molecule has 0 saturated carbocycles. The second-order valence-corrected chi connectivity index (χ2v) is 19.1. The number of aliphatic hydroxyl groups excluding tert-OH is 1. The summed E-state index contributed by atoms with van der Waals surface area (Å²) in [7, 11) is 0. The Morgan fingerprint density at radius 1 is 0.575 bits per heavy atom. The zero-order valence-electron chi connectivity index (χ0n) is 40.2. The van der Waals surface area contributed by atoms with Gasteiger partial charge in [0.1, 0.15) is 36.3 Å². The maximum absolute atomic E-state index is 15.1. The molecule has 8 atom stereocenters. The maximum atomic E-state index is 15.1. The molecule has 73 heavy (non-hydrogen) atoms. The van der Waals surface area contributed by atoms with Gasteiger partial charge in [0.25, 0.3) is 0 Å². The number of guanidine groups is 1. The van der Waals surface area contributed by atoms with E-state index in [-0.39, 0.29) is 77.1 Å². The number of benzene rings is 4. The van der Waals surface area contributed by atoms with Crippen LogP contribution in [0.1, 0.15) is 47.9 Å². The topological polar surface area (TPSA) is 282 Å². The van der Waals surface area contributed by atoms with Gasteiger partial charge in [0.2, 0.25) is 35.4 Å². The highest BCUT2D eigenvalue weighted by Crippen LogP contribution is 2.29. The second kappa shape index (κ2) is 22.6. The largest absolute Gasteiger partial charge is 0.391 e. The molecule has 0 unspecified atom stereocenters. The Morgan fingerprint density at radius 2 is 1.08 bits per heavy atom. The van der Waals surface area contributed by atoms with Crippen molar-refractivity contribution in [1.29, 1.82) is 0 Å². The molecule has 3 aliphatic rings. The maximum Gasteiger partial charge on any atom is 0.246 e. The van der Waals surface area contributed by atoms with E-state index in [9.17, 15) is 19.5 Å². The molecule has 380 valence electrons. The third-order valence-electron chi connectivity index (χ3n) is 14.0. The number of aromatic nitrogens is 2. The van der Waals surface area contributed by atoms with E-state index in [1.807, 2.05) is 109 Å². The van der Waals surface area contributed by atoms with Crippen molar-refractivity contribution in [3.8, 4) is 0 Å². The standard InChI is InChI=1S/C54H61N11O8/c55-54(56)57-21-11-20-42-52(71)64-29-36(66)25-47(64)53(72)65-30-37(73-31-33-14-5-2-6-15-33)26-46(65)51(70)63-45(24-35-28-59-41-19-10-8-17-39(35)41)50(69)61-43(22-32-12-3-1-4-13-32)48(67)62-44(49(68)60-42)23-34-27-58-40-18-9-7-16-38(34)40/h1-10,12-19,27-28,36-37,42-47,58-59,66H,11,20-26,29-31H2,(H,60,68)(H,61,69)(H,62,67)(H,63,70)(H4,55,56,57)/t36-,37-,42+,43-,44+,45+,46-,47-/m1/s1. The van der Waals surface area contributed by atoms with E-state index < -0.39 is 83.9 Å². The summed E-state index contributed by atoms with van der Waals surface area (Å²) in [5, 5.41) is 24.6. The molecule has 6 aromatic rings. The number of ether oxygens (including phenoxy) is 1. The average molecular weight is 992 g/mol. The van der Waals surface area contributed by atoms with Crippen LogP contribution in [0.15, 0.2) is 127 Å². The second-order valence-electron chi connectivity index (χ2n) is 19.1. The number of aliphatic hydroxyl groups is 1. The highest BCUT2D eigenvalue weighted by molar-refractivity contribution is 5.99. The lowest BCUT2D eigenvalue weighted by Crippen LogP contribution is -2.61. The molecule has 11 N–H and O–H groups in total. The number of rotatable bonds is 13. The first kappa shape index (κ1) is 49.9. The first-order chi connectivity index (χ1) is 35.4. The minimum Gasteiger partial charge on any atom is -0.391 e. The number of nitrogens with zero attached hydrogens (tertiary/aromatic N) is 3. The molecule has 0 aliphatic carbocycles. The van der Waals surface area contributed by atoms with E-state index in [2.05, 4.69) is 36.2 Å². The van der Waals surface area contributed by atoms with Crippen LogP contribution in [-0.2, 0) is 59.4 Å². The third-order valence-corrected chi connectivity index (χ3v) is 14.0. The zero-order valence-corrected chi connectivity index (χ0v) is 40.2. The zero-order chi connectivity index (χ0) is 51.0. The summed E-state index contributed by atoms with van der Waals surface area (Å²) >= 11 is 0. The minimum absolute atomic E-state index is 0.00348. The van der Waals surface area contributed by atoms with E-state index in [0.717, 1.165) is 27.4 Å². The van der Waals surface area contributed by atoms with Gasteiger partial charge in [0, 0.05) is 85.9 Å². The van der Waals surface area contributed by atoms with Gasteiger partial charge < -0.3 is 62.3 Å². The normalized spacial score (nSPS) is 24.3. The van der Waals surface area contributed by atoms with Crippen molar-refractivity contribution in [3.05, 3.63) is 144 Å². The van der Waals surface area contributed by atoms with Gasteiger partial charge in [0.05, 0.1) is 18.8 Å². The Morgan fingerprint density at radius 3 is 1.67 bits per heavy atom. The number of aliphatic imine (C=N–C) groups is 1. The molecule has 0 spiro atoms. The number of amides is 6. The van der Waals surface area contributed by atoms with Crippen molar-refractivity contribution in [1.82, 2.24) is 41.0 Å². The van der Waals surface area contributed by atoms with Crippen LogP contribution < -0.4 is 32.7 Å². The first-order valence-electron chi connectivity index (χ1n) is 24.7. The van der Waals surface area contributed by atoms with E-state index in [0.29, 0.717) is 16.7 Å². The highest BCUT2D eigenvalue weighted by atomic mass is 16.5. The number of nitrogens with two attached hydrogens (primary N) is 2. The van der Waals surface area contributed by atoms with Gasteiger partial charge in [0.15, 0.2) is 5.96 Å². The predicted octanol–water partition coefficient (Wildman–Crippen LogP) is 1.83. The van der Waals surface area contributed by atoms with E-state index in [4.69, 9.17) is 16.2 Å². The van der Waals surface area contributed by atoms with Crippen LogP contribution >= 0.6 is 0 Å². The van der Waals surface area contributed by atoms with Gasteiger partial charge in [-0.05, 0) is 47.2 Å². The monoisotopic (exact) mass is 991 g/mol. The van der Waals surface area contributed by atoms with Crippen molar-refractivity contribution in [2.75, 3.05) is 19.6 Å². The Bertz CT molecular complexity index is 2970. The molecule has 0 bridgehead atoms. The van der Waals surface area contributed by atoms with Crippen LogP contribution in [0.25, 0.3) is 21.8 Å². The van der Waals surface area contributed by atoms with Crippen molar-refractivity contribution >= 4 is 63.2 Å². The molecular formula is C54H61N11O8. The lowest BCUT2D eigenvalue weighted by Gasteiger charge is -2.34. The highest BCUT2D eigenvalue weighted by Gasteiger charge is 2.49. The smallest absolute Gasteiger partial charge is 0.246 e. The minimum atomic E-state index is -1.31. The number of hydrogen-bond donors (Lipinski definition) is 9. The first-order valence-corrected chi connectivity index (χ1v) is 24.7. The van der Waals surface area contributed by atoms with Gasteiger partial charge in [-0.1, -0.05) is 97.1 Å². The van der Waals surface area contributed by atoms with Gasteiger partial charge in [-0.3, -0.25) is 33.8 Å². The van der Waals surface area contributed by atoms with Crippen molar-refractivity contribution in [2.24, 2.45) is 16.5 Å². The fourth-order valence-electron chi connectivity index (χ4n) is 10.2. The Labute approximate surface area is 421 Å². The Balaban J connectivity index is 1.12. The number of carbonyl (C=O) groups excluding carboxylic acids is 6. The van der Waals surface area contributed by atoms with Crippen LogP contribution in [0, 0.1) is 0 Å². The van der Waals surface area contributed by atoms with Crippen LogP contribution in [0.4, 0.5) is 0 Å². The van der Waals surface area contributed by atoms with Crippen LogP contribution in [0.2, 0.25) is 0 Å².